The van der Waals surface area contributed by atoms with Gasteiger partial charge in [0.1, 0.15) is 5.76 Å². The fraction of sp³-hybridized carbons (Fsp3) is 0.211. The first-order chi connectivity index (χ1) is 11.3. The van der Waals surface area contributed by atoms with Crippen LogP contribution < -0.4 is 5.32 Å². The van der Waals surface area contributed by atoms with E-state index in [0.717, 1.165) is 17.9 Å². The lowest BCUT2D eigenvalue weighted by molar-refractivity contribution is -0.116. The first kappa shape index (κ1) is 15.2. The van der Waals surface area contributed by atoms with E-state index in [0.29, 0.717) is 6.42 Å². The van der Waals surface area contributed by atoms with Crippen molar-refractivity contribution in [3.05, 3.63) is 78.5 Å². The maximum absolute atomic E-state index is 12.4. The summed E-state index contributed by atoms with van der Waals surface area (Å²) < 4.78 is 7.48. The van der Waals surface area contributed by atoms with Crippen LogP contribution in [0.25, 0.3) is 0 Å². The number of amides is 1. The minimum absolute atomic E-state index is 0.0376. The van der Waals surface area contributed by atoms with Crippen LogP contribution in [0.2, 0.25) is 0 Å². The molecule has 0 unspecified atom stereocenters. The van der Waals surface area contributed by atoms with Crippen LogP contribution in [0.3, 0.4) is 0 Å². The molecule has 0 saturated heterocycles. The number of carbonyl (C=O) groups is 1. The van der Waals surface area contributed by atoms with E-state index in [-0.39, 0.29) is 11.9 Å². The number of hydrogen-bond donors (Lipinski definition) is 1. The average Bonchev–Trinajstić information content (AvgIpc) is 3.27. The fourth-order valence-electron chi connectivity index (χ4n) is 2.60. The van der Waals surface area contributed by atoms with Gasteiger partial charge in [-0.2, -0.15) is 0 Å². The van der Waals surface area contributed by atoms with E-state index in [9.17, 15) is 4.79 Å². The highest BCUT2D eigenvalue weighted by atomic mass is 16.3. The van der Waals surface area contributed by atoms with Crippen molar-refractivity contribution in [1.29, 1.82) is 0 Å². The van der Waals surface area contributed by atoms with E-state index in [4.69, 9.17) is 4.42 Å². The highest BCUT2D eigenvalue weighted by molar-refractivity contribution is 5.91. The van der Waals surface area contributed by atoms with Crippen LogP contribution in [-0.4, -0.2) is 10.5 Å². The second-order valence-electron chi connectivity index (χ2n) is 5.46. The third-order valence-electron chi connectivity index (χ3n) is 3.88. The summed E-state index contributed by atoms with van der Waals surface area (Å²) in [6.45, 7) is 2.11. The Kier molecular flexibility index (Phi) is 4.62. The average molecular weight is 308 g/mol. The molecule has 4 nitrogen and oxygen atoms in total. The first-order valence-corrected chi connectivity index (χ1v) is 7.81. The van der Waals surface area contributed by atoms with Gasteiger partial charge in [-0.15, -0.1) is 0 Å². The van der Waals surface area contributed by atoms with Gasteiger partial charge in [-0.1, -0.05) is 19.1 Å². The molecule has 1 N–H and O–H groups in total. The Hall–Kier alpha value is -2.75. The molecule has 4 heteroatoms. The molecular formula is C19H20N2O2. The Morgan fingerprint density at radius 1 is 1.13 bits per heavy atom. The monoisotopic (exact) mass is 308 g/mol. The molecule has 118 valence electrons. The van der Waals surface area contributed by atoms with Crippen LogP contribution in [0.1, 0.15) is 30.7 Å². The summed E-state index contributed by atoms with van der Waals surface area (Å²) in [7, 11) is 0. The summed E-state index contributed by atoms with van der Waals surface area (Å²) in [4.78, 5) is 12.4. The number of benzene rings is 1. The summed E-state index contributed by atoms with van der Waals surface area (Å²) in [5, 5.41) is 2.95. The molecule has 0 aliphatic heterocycles. The molecule has 3 aromatic rings. The number of anilines is 1. The molecule has 0 aliphatic rings. The van der Waals surface area contributed by atoms with E-state index in [2.05, 4.69) is 12.2 Å². The lowest BCUT2D eigenvalue weighted by Gasteiger charge is -2.16. The minimum atomic E-state index is -0.144. The van der Waals surface area contributed by atoms with Crippen LogP contribution in [-0.2, 0) is 11.2 Å². The number of carbonyl (C=O) groups excluding carboxylic acids is 1. The maximum Gasteiger partial charge on any atom is 0.226 e. The number of nitrogens with zero attached hydrogens (tertiary/aromatic N) is 1. The van der Waals surface area contributed by atoms with Crippen LogP contribution in [0.4, 0.5) is 5.69 Å². The number of aromatic nitrogens is 1. The first-order valence-electron chi connectivity index (χ1n) is 7.81. The largest absolute Gasteiger partial charge is 0.467 e. The van der Waals surface area contributed by atoms with Crippen LogP contribution in [0.15, 0.2) is 71.6 Å². The third-order valence-corrected chi connectivity index (χ3v) is 3.88. The summed E-state index contributed by atoms with van der Waals surface area (Å²) >= 11 is 0. The van der Waals surface area contributed by atoms with Crippen molar-refractivity contribution in [2.24, 2.45) is 0 Å². The molecule has 0 aliphatic carbocycles. The molecule has 1 atom stereocenters. The predicted molar refractivity (Wildman–Crippen MR) is 90.3 cm³/mol. The topological polar surface area (TPSA) is 47.2 Å². The molecule has 0 spiro atoms. The van der Waals surface area contributed by atoms with Gasteiger partial charge in [0.2, 0.25) is 5.91 Å². The zero-order valence-corrected chi connectivity index (χ0v) is 13.1. The van der Waals surface area contributed by atoms with Gasteiger partial charge in [0.05, 0.1) is 18.7 Å². The number of aryl methyl sites for hydroxylation is 1. The van der Waals surface area contributed by atoms with Crippen molar-refractivity contribution in [3.63, 3.8) is 0 Å². The van der Waals surface area contributed by atoms with Crippen LogP contribution in [0.5, 0.6) is 0 Å². The maximum atomic E-state index is 12.4. The van der Waals surface area contributed by atoms with E-state index in [1.165, 1.54) is 5.56 Å². The molecule has 0 bridgehead atoms. The van der Waals surface area contributed by atoms with Gasteiger partial charge in [0, 0.05) is 18.1 Å². The minimum Gasteiger partial charge on any atom is -0.467 e. The van der Waals surface area contributed by atoms with Gasteiger partial charge in [-0.25, -0.2) is 0 Å². The molecule has 2 heterocycles. The normalized spacial score (nSPS) is 12.0. The second-order valence-corrected chi connectivity index (χ2v) is 5.46. The van der Waals surface area contributed by atoms with Crippen LogP contribution in [0, 0.1) is 0 Å². The van der Waals surface area contributed by atoms with Crippen molar-refractivity contribution in [3.8, 4) is 0 Å². The lowest BCUT2D eigenvalue weighted by Crippen LogP contribution is -2.19. The third kappa shape index (κ3) is 3.72. The van der Waals surface area contributed by atoms with Crippen molar-refractivity contribution in [2.75, 3.05) is 5.32 Å². The number of nitrogens with one attached hydrogen (secondary N) is 1. The number of hydrogen-bond acceptors (Lipinski definition) is 2. The SMILES string of the molecule is CCc1ccc(NC(=O)C[C@H](c2ccco2)n2cccc2)cc1. The molecule has 23 heavy (non-hydrogen) atoms. The summed E-state index contributed by atoms with van der Waals surface area (Å²) in [6.07, 6.45) is 6.82. The molecule has 0 fully saturated rings. The van der Waals surface area contributed by atoms with Gasteiger partial charge in [-0.3, -0.25) is 4.79 Å². The molecule has 0 saturated carbocycles. The van der Waals surface area contributed by atoms with Crippen molar-refractivity contribution in [1.82, 2.24) is 4.57 Å². The zero-order valence-electron chi connectivity index (χ0n) is 13.1. The summed E-state index contributed by atoms with van der Waals surface area (Å²) in [5.74, 6) is 0.738. The van der Waals surface area contributed by atoms with Gasteiger partial charge < -0.3 is 14.3 Å². The number of rotatable bonds is 6. The van der Waals surface area contributed by atoms with E-state index in [1.807, 2.05) is 65.5 Å². The highest BCUT2D eigenvalue weighted by Crippen LogP contribution is 2.23. The lowest BCUT2D eigenvalue weighted by atomic mass is 10.1. The van der Waals surface area contributed by atoms with E-state index in [1.54, 1.807) is 6.26 Å². The van der Waals surface area contributed by atoms with Gasteiger partial charge in [-0.05, 0) is 48.4 Å². The summed E-state index contributed by atoms with van der Waals surface area (Å²) in [6, 6.07) is 15.4. The van der Waals surface area contributed by atoms with Crippen molar-refractivity contribution < 1.29 is 9.21 Å². The molecule has 3 rings (SSSR count). The highest BCUT2D eigenvalue weighted by Gasteiger charge is 2.19. The van der Waals surface area contributed by atoms with E-state index >= 15 is 0 Å². The van der Waals surface area contributed by atoms with Gasteiger partial charge in [0.15, 0.2) is 0 Å². The van der Waals surface area contributed by atoms with Gasteiger partial charge >= 0.3 is 0 Å². The predicted octanol–water partition coefficient (Wildman–Crippen LogP) is 4.26. The standard InChI is InChI=1S/C19H20N2O2/c1-2-15-7-9-16(10-8-15)20-19(22)14-17(18-6-5-13-23-18)21-11-3-4-12-21/h3-13,17H,2,14H2,1H3,(H,20,22)/t17-/m1/s1. The molecular weight excluding hydrogens is 288 g/mol. The zero-order chi connectivity index (χ0) is 16.1. The summed E-state index contributed by atoms with van der Waals surface area (Å²) in [5.41, 5.74) is 2.07. The van der Waals surface area contributed by atoms with Crippen molar-refractivity contribution in [2.45, 2.75) is 25.8 Å². The fourth-order valence-corrected chi connectivity index (χ4v) is 2.60. The molecule has 2 aromatic heterocycles. The van der Waals surface area contributed by atoms with Gasteiger partial charge in [0.25, 0.3) is 0 Å². The molecule has 0 radical (unpaired) electrons. The van der Waals surface area contributed by atoms with Crippen molar-refractivity contribution >= 4 is 11.6 Å². The second kappa shape index (κ2) is 7.01. The quantitative estimate of drug-likeness (QED) is 0.739. The Labute approximate surface area is 135 Å². The Morgan fingerprint density at radius 2 is 1.87 bits per heavy atom. The molecule has 1 amide bonds. The molecule has 1 aromatic carbocycles. The Morgan fingerprint density at radius 3 is 2.48 bits per heavy atom. The smallest absolute Gasteiger partial charge is 0.226 e. The Balaban J connectivity index is 1.71. The Bertz CT molecular complexity index is 694. The number of furan rings is 1. The van der Waals surface area contributed by atoms with E-state index < -0.39 is 0 Å². The van der Waals surface area contributed by atoms with Crippen LogP contribution >= 0.6 is 0 Å².